The van der Waals surface area contributed by atoms with Crippen molar-refractivity contribution in [3.63, 3.8) is 0 Å². The topological polar surface area (TPSA) is 73.8 Å². The molecule has 7 heteroatoms. The Bertz CT molecular complexity index is 736. The molecule has 20 heavy (non-hydrogen) atoms. The first-order valence-electron chi connectivity index (χ1n) is 5.86. The van der Waals surface area contributed by atoms with Gasteiger partial charge in [0.25, 0.3) is 0 Å². The van der Waals surface area contributed by atoms with Crippen molar-refractivity contribution in [2.24, 2.45) is 0 Å². The first-order valence-corrected chi connectivity index (χ1v) is 6.68. The second kappa shape index (κ2) is 5.30. The van der Waals surface area contributed by atoms with Crippen LogP contribution in [0.4, 0.5) is 0 Å². The van der Waals surface area contributed by atoms with Gasteiger partial charge in [0.2, 0.25) is 5.16 Å². The number of tetrazole rings is 1. The summed E-state index contributed by atoms with van der Waals surface area (Å²) in [4.78, 5) is 11.2. The molecule has 0 aliphatic rings. The minimum atomic E-state index is -0.112. The van der Waals surface area contributed by atoms with Crippen LogP contribution in [0, 0.1) is 0 Å². The molecule has 0 saturated heterocycles. The van der Waals surface area contributed by atoms with Crippen molar-refractivity contribution in [3.05, 3.63) is 48.2 Å². The molecule has 0 N–H and O–H groups in total. The highest BCUT2D eigenvalue weighted by atomic mass is 32.2. The van der Waals surface area contributed by atoms with Gasteiger partial charge in [0, 0.05) is 6.92 Å². The van der Waals surface area contributed by atoms with Gasteiger partial charge >= 0.3 is 0 Å². The van der Waals surface area contributed by atoms with Crippen molar-refractivity contribution in [2.45, 2.75) is 17.2 Å². The fourth-order valence-corrected chi connectivity index (χ4v) is 2.38. The number of carbonyl (C=O) groups is 1. The average molecular weight is 286 g/mol. The van der Waals surface area contributed by atoms with Gasteiger partial charge in [0.05, 0.1) is 5.69 Å². The van der Waals surface area contributed by atoms with E-state index >= 15 is 0 Å². The Morgan fingerprint density at radius 3 is 2.70 bits per heavy atom. The van der Waals surface area contributed by atoms with E-state index in [9.17, 15) is 4.79 Å². The van der Waals surface area contributed by atoms with Gasteiger partial charge in [-0.1, -0.05) is 18.2 Å². The van der Waals surface area contributed by atoms with Crippen molar-refractivity contribution in [1.29, 1.82) is 0 Å². The first-order chi connectivity index (χ1) is 9.74. The highest BCUT2D eigenvalue weighted by molar-refractivity contribution is 7.99. The van der Waals surface area contributed by atoms with E-state index in [-0.39, 0.29) is 5.78 Å². The maximum absolute atomic E-state index is 11.2. The summed E-state index contributed by atoms with van der Waals surface area (Å²) < 4.78 is 7.03. The molecule has 6 nitrogen and oxygen atoms in total. The molecule has 0 unspecified atom stereocenters. The summed E-state index contributed by atoms with van der Waals surface area (Å²) in [6.07, 6.45) is 0. The Balaban J connectivity index is 1.88. The lowest BCUT2D eigenvalue weighted by Crippen LogP contribution is -1.98. The van der Waals surface area contributed by atoms with Crippen LogP contribution in [0.2, 0.25) is 0 Å². The Morgan fingerprint density at radius 1 is 1.20 bits per heavy atom. The standard InChI is InChI=1S/C13H10N4O2S/c1-9(18)11-7-8-12(19-11)20-13-14-15-16-17(13)10-5-3-2-4-6-10/h2-8H,1H3. The molecule has 2 aromatic heterocycles. The molecule has 100 valence electrons. The lowest BCUT2D eigenvalue weighted by atomic mass is 10.3. The van der Waals surface area contributed by atoms with E-state index in [2.05, 4.69) is 15.5 Å². The molecular weight excluding hydrogens is 276 g/mol. The minimum Gasteiger partial charge on any atom is -0.446 e. The molecule has 0 spiro atoms. The molecule has 3 aromatic rings. The van der Waals surface area contributed by atoms with E-state index in [1.807, 2.05) is 30.3 Å². The van der Waals surface area contributed by atoms with E-state index in [0.717, 1.165) is 5.69 Å². The quantitative estimate of drug-likeness (QED) is 0.686. The van der Waals surface area contributed by atoms with Crippen LogP contribution < -0.4 is 0 Å². The predicted molar refractivity (Wildman–Crippen MR) is 72.0 cm³/mol. The highest BCUT2D eigenvalue weighted by Gasteiger charge is 2.13. The Labute approximate surface area is 118 Å². The van der Waals surface area contributed by atoms with Crippen molar-refractivity contribution in [3.8, 4) is 5.69 Å². The molecule has 0 aliphatic carbocycles. The number of ketones is 1. The minimum absolute atomic E-state index is 0.112. The van der Waals surface area contributed by atoms with Crippen molar-refractivity contribution < 1.29 is 9.21 Å². The summed E-state index contributed by atoms with van der Waals surface area (Å²) in [6, 6.07) is 12.9. The zero-order valence-corrected chi connectivity index (χ0v) is 11.4. The summed E-state index contributed by atoms with van der Waals surface area (Å²) in [5, 5.41) is 12.7. The number of hydrogen-bond donors (Lipinski definition) is 0. The maximum atomic E-state index is 11.2. The first kappa shape index (κ1) is 12.6. The molecule has 3 rings (SSSR count). The number of hydrogen-bond acceptors (Lipinski definition) is 6. The zero-order valence-electron chi connectivity index (χ0n) is 10.6. The van der Waals surface area contributed by atoms with Crippen LogP contribution in [0.15, 0.2) is 57.1 Å². The second-order valence-corrected chi connectivity index (χ2v) is 4.96. The third-order valence-corrected chi connectivity index (χ3v) is 3.42. The number of rotatable bonds is 4. The number of nitrogens with zero attached hydrogens (tertiary/aromatic N) is 4. The van der Waals surface area contributed by atoms with Gasteiger partial charge in [0.15, 0.2) is 16.6 Å². The summed E-state index contributed by atoms with van der Waals surface area (Å²) in [6.45, 7) is 1.46. The summed E-state index contributed by atoms with van der Waals surface area (Å²) >= 11 is 1.26. The van der Waals surface area contributed by atoms with Crippen LogP contribution in [0.5, 0.6) is 0 Å². The summed E-state index contributed by atoms with van der Waals surface area (Å²) in [5.74, 6) is 0.214. The smallest absolute Gasteiger partial charge is 0.221 e. The van der Waals surface area contributed by atoms with E-state index in [1.54, 1.807) is 16.8 Å². The van der Waals surface area contributed by atoms with Gasteiger partial charge in [-0.25, -0.2) is 0 Å². The monoisotopic (exact) mass is 286 g/mol. The van der Waals surface area contributed by atoms with E-state index in [4.69, 9.17) is 4.42 Å². The second-order valence-electron chi connectivity index (χ2n) is 3.99. The van der Waals surface area contributed by atoms with Gasteiger partial charge < -0.3 is 4.42 Å². The van der Waals surface area contributed by atoms with Crippen LogP contribution >= 0.6 is 11.8 Å². The van der Waals surface area contributed by atoms with Crippen molar-refractivity contribution in [1.82, 2.24) is 20.2 Å². The predicted octanol–water partition coefficient (Wildman–Crippen LogP) is 2.61. The molecule has 2 heterocycles. The number of carbonyl (C=O) groups excluding carboxylic acids is 1. The van der Waals surface area contributed by atoms with Gasteiger partial charge in [-0.05, 0) is 46.5 Å². The Hall–Kier alpha value is -2.41. The maximum Gasteiger partial charge on any atom is 0.221 e. The van der Waals surface area contributed by atoms with Gasteiger partial charge in [-0.3, -0.25) is 4.79 Å². The molecule has 0 fully saturated rings. The van der Waals surface area contributed by atoms with Gasteiger partial charge in [0.1, 0.15) is 0 Å². The van der Waals surface area contributed by atoms with Crippen LogP contribution in [-0.4, -0.2) is 26.0 Å². The number of benzene rings is 1. The lowest BCUT2D eigenvalue weighted by molar-refractivity contribution is 0.0982. The number of aromatic nitrogens is 4. The molecule has 1 aromatic carbocycles. The third kappa shape index (κ3) is 2.48. The number of para-hydroxylation sites is 1. The van der Waals surface area contributed by atoms with Crippen molar-refractivity contribution in [2.75, 3.05) is 0 Å². The molecule has 0 atom stereocenters. The molecule has 0 saturated carbocycles. The fraction of sp³-hybridized carbons (Fsp3) is 0.0769. The van der Waals surface area contributed by atoms with E-state index in [1.165, 1.54) is 18.7 Å². The van der Waals surface area contributed by atoms with Crippen LogP contribution in [-0.2, 0) is 0 Å². The number of furan rings is 1. The number of Topliss-reactive ketones (excluding diaryl/α,β-unsaturated/α-hetero) is 1. The molecular formula is C13H10N4O2S. The van der Waals surface area contributed by atoms with Gasteiger partial charge in [-0.15, -0.1) is 5.10 Å². The fourth-order valence-electron chi connectivity index (χ4n) is 1.63. The molecule has 0 aliphatic heterocycles. The lowest BCUT2D eigenvalue weighted by Gasteiger charge is -2.01. The Kier molecular flexibility index (Phi) is 3.34. The zero-order chi connectivity index (χ0) is 13.9. The SMILES string of the molecule is CC(=O)c1ccc(Sc2nnnn2-c2ccccc2)o1. The third-order valence-electron chi connectivity index (χ3n) is 2.56. The highest BCUT2D eigenvalue weighted by Crippen LogP contribution is 2.28. The average Bonchev–Trinajstić information content (AvgIpc) is 3.09. The Morgan fingerprint density at radius 2 is 2.00 bits per heavy atom. The van der Waals surface area contributed by atoms with Crippen LogP contribution in [0.3, 0.4) is 0 Å². The van der Waals surface area contributed by atoms with Crippen LogP contribution in [0.25, 0.3) is 5.69 Å². The largest absolute Gasteiger partial charge is 0.446 e. The van der Waals surface area contributed by atoms with Crippen molar-refractivity contribution >= 4 is 17.5 Å². The van der Waals surface area contributed by atoms with E-state index in [0.29, 0.717) is 16.0 Å². The molecule has 0 radical (unpaired) electrons. The normalized spacial score (nSPS) is 10.7. The van der Waals surface area contributed by atoms with E-state index < -0.39 is 0 Å². The molecule has 0 amide bonds. The summed E-state index contributed by atoms with van der Waals surface area (Å²) in [7, 11) is 0. The summed E-state index contributed by atoms with van der Waals surface area (Å²) in [5.41, 5.74) is 0.860. The van der Waals surface area contributed by atoms with Crippen LogP contribution in [0.1, 0.15) is 17.5 Å². The molecule has 0 bridgehead atoms. The van der Waals surface area contributed by atoms with Gasteiger partial charge in [-0.2, -0.15) is 4.68 Å².